The van der Waals surface area contributed by atoms with Crippen LogP contribution >= 0.6 is 0 Å². The first-order chi connectivity index (χ1) is 8.04. The van der Waals surface area contributed by atoms with Crippen molar-refractivity contribution in [1.82, 2.24) is 0 Å². The van der Waals surface area contributed by atoms with E-state index >= 15 is 0 Å². The topological polar surface area (TPSA) is 35.2 Å². The number of ether oxygens (including phenoxy) is 1. The normalized spacial score (nSPS) is 12.8. The molecule has 2 nitrogen and oxygen atoms in total. The van der Waals surface area contributed by atoms with Gasteiger partial charge in [0.25, 0.3) is 0 Å². The summed E-state index contributed by atoms with van der Waals surface area (Å²) in [4.78, 5) is 0. The highest BCUT2D eigenvalue weighted by Gasteiger charge is 2.08. The molecule has 0 spiro atoms. The second-order valence-corrected chi connectivity index (χ2v) is 5.10. The molecule has 0 aromatic heterocycles. The molecule has 96 valence electrons. The van der Waals surface area contributed by atoms with Gasteiger partial charge in [-0.25, -0.2) is 0 Å². The first-order valence-corrected chi connectivity index (χ1v) is 6.47. The van der Waals surface area contributed by atoms with Gasteiger partial charge in [-0.2, -0.15) is 0 Å². The van der Waals surface area contributed by atoms with E-state index in [4.69, 9.17) is 10.5 Å². The molecule has 0 heterocycles. The van der Waals surface area contributed by atoms with Gasteiger partial charge in [0.1, 0.15) is 5.75 Å². The number of hydrogen-bond acceptors (Lipinski definition) is 2. The Labute approximate surface area is 105 Å². The Morgan fingerprint density at radius 2 is 1.94 bits per heavy atom. The smallest absolute Gasteiger partial charge is 0.122 e. The van der Waals surface area contributed by atoms with E-state index in [0.717, 1.165) is 25.0 Å². The van der Waals surface area contributed by atoms with Crippen LogP contribution in [-0.2, 0) is 6.42 Å². The van der Waals surface area contributed by atoms with Gasteiger partial charge in [0.15, 0.2) is 0 Å². The SMILES string of the molecule is COc1ccc(CCCC(C)N)cc1C(C)C. The van der Waals surface area contributed by atoms with Crippen LogP contribution in [0, 0.1) is 0 Å². The van der Waals surface area contributed by atoms with Gasteiger partial charge in [-0.1, -0.05) is 26.0 Å². The molecule has 0 aliphatic rings. The molecule has 1 aromatic carbocycles. The summed E-state index contributed by atoms with van der Waals surface area (Å²) >= 11 is 0. The van der Waals surface area contributed by atoms with Crippen molar-refractivity contribution in [3.05, 3.63) is 29.3 Å². The molecule has 0 amide bonds. The predicted octanol–water partition coefficient (Wildman–Crippen LogP) is 3.49. The highest BCUT2D eigenvalue weighted by Crippen LogP contribution is 2.27. The van der Waals surface area contributed by atoms with Crippen molar-refractivity contribution in [1.29, 1.82) is 0 Å². The predicted molar refractivity (Wildman–Crippen MR) is 73.7 cm³/mol. The Morgan fingerprint density at radius 3 is 2.47 bits per heavy atom. The van der Waals surface area contributed by atoms with E-state index < -0.39 is 0 Å². The molecule has 2 N–H and O–H groups in total. The van der Waals surface area contributed by atoms with Crippen molar-refractivity contribution < 1.29 is 4.74 Å². The molecule has 1 atom stereocenters. The summed E-state index contributed by atoms with van der Waals surface area (Å²) in [6.45, 7) is 6.46. The highest BCUT2D eigenvalue weighted by molar-refractivity contribution is 5.39. The average molecular weight is 235 g/mol. The lowest BCUT2D eigenvalue weighted by Gasteiger charge is -2.13. The van der Waals surface area contributed by atoms with Crippen LogP contribution in [0.25, 0.3) is 0 Å². The summed E-state index contributed by atoms with van der Waals surface area (Å²) in [5.41, 5.74) is 8.44. The van der Waals surface area contributed by atoms with Crippen molar-refractivity contribution in [3.8, 4) is 5.75 Å². The molecule has 1 unspecified atom stereocenters. The summed E-state index contributed by atoms with van der Waals surface area (Å²) in [6.07, 6.45) is 3.34. The van der Waals surface area contributed by atoms with Gasteiger partial charge in [-0.3, -0.25) is 0 Å². The summed E-state index contributed by atoms with van der Waals surface area (Å²) in [7, 11) is 1.73. The zero-order valence-electron chi connectivity index (χ0n) is 11.5. The third-order valence-corrected chi connectivity index (χ3v) is 3.04. The molecule has 0 saturated carbocycles. The van der Waals surface area contributed by atoms with Crippen molar-refractivity contribution in [2.45, 2.75) is 52.0 Å². The Hall–Kier alpha value is -1.02. The number of methoxy groups -OCH3 is 1. The molecular formula is C15H25NO. The lowest BCUT2D eigenvalue weighted by molar-refractivity contribution is 0.407. The monoisotopic (exact) mass is 235 g/mol. The van der Waals surface area contributed by atoms with E-state index in [1.165, 1.54) is 11.1 Å². The third kappa shape index (κ3) is 4.39. The van der Waals surface area contributed by atoms with E-state index in [0.29, 0.717) is 12.0 Å². The quantitative estimate of drug-likeness (QED) is 0.819. The molecule has 0 aliphatic heterocycles. The maximum atomic E-state index is 5.76. The number of nitrogens with two attached hydrogens (primary N) is 1. The van der Waals surface area contributed by atoms with Crippen LogP contribution in [0.2, 0.25) is 0 Å². The van der Waals surface area contributed by atoms with E-state index in [9.17, 15) is 0 Å². The maximum absolute atomic E-state index is 5.76. The Balaban J connectivity index is 2.71. The van der Waals surface area contributed by atoms with Crippen molar-refractivity contribution in [2.75, 3.05) is 7.11 Å². The molecule has 0 aliphatic carbocycles. The van der Waals surface area contributed by atoms with Gasteiger partial charge in [0.05, 0.1) is 7.11 Å². The number of aryl methyl sites for hydroxylation is 1. The first kappa shape index (κ1) is 14.0. The van der Waals surface area contributed by atoms with E-state index in [1.54, 1.807) is 7.11 Å². The van der Waals surface area contributed by atoms with Crippen molar-refractivity contribution >= 4 is 0 Å². The van der Waals surface area contributed by atoms with Gasteiger partial charge >= 0.3 is 0 Å². The molecule has 0 saturated heterocycles. The second kappa shape index (κ2) is 6.65. The molecular weight excluding hydrogens is 210 g/mol. The number of rotatable bonds is 6. The van der Waals surface area contributed by atoms with E-state index in [-0.39, 0.29) is 0 Å². The van der Waals surface area contributed by atoms with E-state index in [1.807, 2.05) is 0 Å². The van der Waals surface area contributed by atoms with Crippen LogP contribution < -0.4 is 10.5 Å². The lowest BCUT2D eigenvalue weighted by atomic mass is 9.97. The minimum Gasteiger partial charge on any atom is -0.496 e. The number of benzene rings is 1. The van der Waals surface area contributed by atoms with Gasteiger partial charge in [-0.05, 0) is 49.3 Å². The Bertz CT molecular complexity index is 345. The van der Waals surface area contributed by atoms with Crippen molar-refractivity contribution in [2.24, 2.45) is 5.73 Å². The zero-order chi connectivity index (χ0) is 12.8. The molecule has 0 fully saturated rings. The fraction of sp³-hybridized carbons (Fsp3) is 0.600. The lowest BCUT2D eigenvalue weighted by Crippen LogP contribution is -2.14. The molecule has 0 radical (unpaired) electrons. The Kier molecular flexibility index (Phi) is 5.49. The fourth-order valence-corrected chi connectivity index (χ4v) is 2.02. The molecule has 17 heavy (non-hydrogen) atoms. The molecule has 1 rings (SSSR count). The average Bonchev–Trinajstić information content (AvgIpc) is 2.28. The van der Waals surface area contributed by atoms with Crippen molar-refractivity contribution in [3.63, 3.8) is 0 Å². The molecule has 1 aromatic rings. The van der Waals surface area contributed by atoms with Crippen LogP contribution in [0.15, 0.2) is 18.2 Å². The summed E-state index contributed by atoms with van der Waals surface area (Å²) in [6, 6.07) is 6.81. The Morgan fingerprint density at radius 1 is 1.24 bits per heavy atom. The third-order valence-electron chi connectivity index (χ3n) is 3.04. The zero-order valence-corrected chi connectivity index (χ0v) is 11.5. The second-order valence-electron chi connectivity index (χ2n) is 5.10. The van der Waals surface area contributed by atoms with Gasteiger partial charge in [-0.15, -0.1) is 0 Å². The van der Waals surface area contributed by atoms with Crippen LogP contribution in [0.4, 0.5) is 0 Å². The van der Waals surface area contributed by atoms with E-state index in [2.05, 4.69) is 39.0 Å². The van der Waals surface area contributed by atoms with Crippen LogP contribution in [0.3, 0.4) is 0 Å². The standard InChI is InChI=1S/C15H25NO/c1-11(2)14-10-13(7-5-6-12(3)16)8-9-15(14)17-4/h8-12H,5-7,16H2,1-4H3. The molecule has 0 bridgehead atoms. The fourth-order valence-electron chi connectivity index (χ4n) is 2.02. The molecule has 2 heteroatoms. The van der Waals surface area contributed by atoms with Gasteiger partial charge < -0.3 is 10.5 Å². The van der Waals surface area contributed by atoms with Crippen LogP contribution in [-0.4, -0.2) is 13.2 Å². The van der Waals surface area contributed by atoms with Gasteiger partial charge in [0.2, 0.25) is 0 Å². The number of hydrogen-bond donors (Lipinski definition) is 1. The summed E-state index contributed by atoms with van der Waals surface area (Å²) in [5.74, 6) is 1.49. The van der Waals surface area contributed by atoms with Crippen LogP contribution in [0.5, 0.6) is 5.75 Å². The maximum Gasteiger partial charge on any atom is 0.122 e. The summed E-state index contributed by atoms with van der Waals surface area (Å²) in [5, 5.41) is 0. The van der Waals surface area contributed by atoms with Crippen LogP contribution in [0.1, 0.15) is 50.7 Å². The van der Waals surface area contributed by atoms with Gasteiger partial charge in [0, 0.05) is 6.04 Å². The minimum absolute atomic E-state index is 0.304. The largest absolute Gasteiger partial charge is 0.496 e. The first-order valence-electron chi connectivity index (χ1n) is 6.47. The summed E-state index contributed by atoms with van der Waals surface area (Å²) < 4.78 is 5.38. The highest BCUT2D eigenvalue weighted by atomic mass is 16.5. The minimum atomic E-state index is 0.304.